The maximum atomic E-state index is 8.66. The molecule has 1 fully saturated rings. The molecule has 1 heterocycles. The van der Waals surface area contributed by atoms with Crippen molar-refractivity contribution in [3.8, 4) is 0 Å². The molecule has 0 aliphatic carbocycles. The maximum absolute atomic E-state index is 8.66. The number of hydrogen-bond donors (Lipinski definition) is 2. The van der Waals surface area contributed by atoms with Crippen LogP contribution in [0.15, 0.2) is 5.16 Å². The Morgan fingerprint density at radius 2 is 1.82 bits per heavy atom. The third kappa shape index (κ3) is 4.52. The van der Waals surface area contributed by atoms with Gasteiger partial charge in [0.15, 0.2) is 5.84 Å². The van der Waals surface area contributed by atoms with Crippen molar-refractivity contribution in [3.05, 3.63) is 0 Å². The first-order valence-corrected chi connectivity index (χ1v) is 6.48. The number of nitrogens with two attached hydrogens (primary N) is 1. The first-order valence-electron chi connectivity index (χ1n) is 6.48. The number of nitrogens with zero attached hydrogens (tertiary/aromatic N) is 3. The van der Waals surface area contributed by atoms with E-state index >= 15 is 0 Å². The lowest BCUT2D eigenvalue weighted by molar-refractivity contribution is 0.117. The van der Waals surface area contributed by atoms with Gasteiger partial charge in [-0.05, 0) is 25.8 Å². The summed E-state index contributed by atoms with van der Waals surface area (Å²) in [5.41, 5.74) is 5.63. The Kier molecular flexibility index (Phi) is 5.71. The highest BCUT2D eigenvalue weighted by molar-refractivity contribution is 5.84. The second-order valence-electron chi connectivity index (χ2n) is 5.26. The third-order valence-corrected chi connectivity index (χ3v) is 3.52. The zero-order valence-electron chi connectivity index (χ0n) is 11.3. The minimum Gasteiger partial charge on any atom is -0.409 e. The lowest BCUT2D eigenvalue weighted by Crippen LogP contribution is -2.53. The first kappa shape index (κ1) is 14.3. The van der Waals surface area contributed by atoms with Gasteiger partial charge in [0.1, 0.15) is 0 Å². The highest BCUT2D eigenvalue weighted by atomic mass is 16.4. The smallest absolute Gasteiger partial charge is 0.156 e. The van der Waals surface area contributed by atoms with Crippen LogP contribution in [-0.4, -0.2) is 59.6 Å². The van der Waals surface area contributed by atoms with E-state index in [2.05, 4.69) is 28.8 Å². The molecule has 1 saturated heterocycles. The number of hydrogen-bond acceptors (Lipinski definition) is 4. The Balaban J connectivity index is 2.30. The van der Waals surface area contributed by atoms with E-state index in [-0.39, 0.29) is 6.04 Å². The second-order valence-corrected chi connectivity index (χ2v) is 5.26. The summed E-state index contributed by atoms with van der Waals surface area (Å²) in [5.74, 6) is 1.07. The molecule has 5 heteroatoms. The minimum absolute atomic E-state index is 0.0345. The molecule has 0 aromatic heterocycles. The Morgan fingerprint density at radius 3 is 2.29 bits per heavy atom. The Bertz CT molecular complexity index is 247. The number of oxime groups is 1. The van der Waals surface area contributed by atoms with Crippen LogP contribution in [-0.2, 0) is 0 Å². The van der Waals surface area contributed by atoms with Crippen LogP contribution in [0.3, 0.4) is 0 Å². The lowest BCUT2D eigenvalue weighted by Gasteiger charge is -2.37. The van der Waals surface area contributed by atoms with Crippen molar-refractivity contribution in [2.24, 2.45) is 16.8 Å². The van der Waals surface area contributed by atoms with Crippen LogP contribution in [0.2, 0.25) is 0 Å². The van der Waals surface area contributed by atoms with E-state index in [1.807, 2.05) is 6.92 Å². The first-order chi connectivity index (χ1) is 8.04. The van der Waals surface area contributed by atoms with Gasteiger partial charge in [-0.3, -0.25) is 4.90 Å². The van der Waals surface area contributed by atoms with E-state index in [0.717, 1.165) is 32.1 Å². The molecule has 3 N–H and O–H groups in total. The maximum Gasteiger partial charge on any atom is 0.156 e. The van der Waals surface area contributed by atoms with Crippen molar-refractivity contribution in [1.29, 1.82) is 0 Å². The fourth-order valence-corrected chi connectivity index (χ4v) is 2.09. The minimum atomic E-state index is 0.0345. The van der Waals surface area contributed by atoms with Gasteiger partial charge >= 0.3 is 0 Å². The van der Waals surface area contributed by atoms with Gasteiger partial charge in [-0.15, -0.1) is 0 Å². The van der Waals surface area contributed by atoms with Crippen molar-refractivity contribution in [1.82, 2.24) is 9.80 Å². The van der Waals surface area contributed by atoms with Crippen LogP contribution >= 0.6 is 0 Å². The van der Waals surface area contributed by atoms with Crippen LogP contribution < -0.4 is 5.73 Å². The van der Waals surface area contributed by atoms with Crippen molar-refractivity contribution < 1.29 is 5.21 Å². The van der Waals surface area contributed by atoms with Crippen molar-refractivity contribution in [2.75, 3.05) is 32.7 Å². The second kappa shape index (κ2) is 6.81. The normalized spacial score (nSPS) is 22.0. The van der Waals surface area contributed by atoms with E-state index in [1.165, 1.54) is 13.0 Å². The summed E-state index contributed by atoms with van der Waals surface area (Å²) in [7, 11) is 0. The largest absolute Gasteiger partial charge is 0.409 e. The SMILES string of the molecule is CC(C)CCN1CCN(C(C)/C(N)=N/O)CC1. The molecule has 0 aromatic carbocycles. The van der Waals surface area contributed by atoms with Gasteiger partial charge in [0.2, 0.25) is 0 Å². The molecule has 1 aliphatic rings. The molecular formula is C12H26N4O. The quantitative estimate of drug-likeness (QED) is 0.324. The Hall–Kier alpha value is -0.810. The average molecular weight is 242 g/mol. The molecule has 17 heavy (non-hydrogen) atoms. The number of piperazine rings is 1. The van der Waals surface area contributed by atoms with E-state index in [0.29, 0.717) is 5.84 Å². The summed E-state index contributed by atoms with van der Waals surface area (Å²) in [6, 6.07) is 0.0345. The molecule has 5 nitrogen and oxygen atoms in total. The molecule has 1 atom stereocenters. The van der Waals surface area contributed by atoms with Gasteiger partial charge < -0.3 is 15.8 Å². The van der Waals surface area contributed by atoms with Gasteiger partial charge in [0, 0.05) is 26.2 Å². The third-order valence-electron chi connectivity index (χ3n) is 3.52. The van der Waals surface area contributed by atoms with Crippen LogP contribution in [0, 0.1) is 5.92 Å². The standard InChI is InChI=1S/C12H26N4O/c1-10(2)4-5-15-6-8-16(9-7-15)11(3)12(13)14-17/h10-11,17H,4-9H2,1-3H3,(H2,13,14). The van der Waals surface area contributed by atoms with E-state index in [4.69, 9.17) is 10.9 Å². The van der Waals surface area contributed by atoms with Crippen LogP contribution in [0.4, 0.5) is 0 Å². The lowest BCUT2D eigenvalue weighted by atomic mass is 10.1. The molecule has 0 radical (unpaired) electrons. The molecule has 0 spiro atoms. The zero-order valence-corrected chi connectivity index (χ0v) is 11.3. The molecule has 0 saturated carbocycles. The average Bonchev–Trinajstić information content (AvgIpc) is 2.35. The van der Waals surface area contributed by atoms with Gasteiger partial charge in [0.25, 0.3) is 0 Å². The van der Waals surface area contributed by atoms with Crippen LogP contribution in [0.1, 0.15) is 27.2 Å². The topological polar surface area (TPSA) is 65.1 Å². The summed E-state index contributed by atoms with van der Waals surface area (Å²) < 4.78 is 0. The predicted octanol–water partition coefficient (Wildman–Crippen LogP) is 0.785. The highest BCUT2D eigenvalue weighted by Crippen LogP contribution is 2.09. The summed E-state index contributed by atoms with van der Waals surface area (Å²) in [5, 5.41) is 11.7. The van der Waals surface area contributed by atoms with Crippen LogP contribution in [0.5, 0.6) is 0 Å². The molecule has 0 aromatic rings. The van der Waals surface area contributed by atoms with E-state index in [1.54, 1.807) is 0 Å². The molecule has 0 bridgehead atoms. The van der Waals surface area contributed by atoms with Gasteiger partial charge in [-0.2, -0.15) is 0 Å². The van der Waals surface area contributed by atoms with Crippen LogP contribution in [0.25, 0.3) is 0 Å². The van der Waals surface area contributed by atoms with Crippen molar-refractivity contribution in [3.63, 3.8) is 0 Å². The van der Waals surface area contributed by atoms with E-state index < -0.39 is 0 Å². The fourth-order valence-electron chi connectivity index (χ4n) is 2.09. The van der Waals surface area contributed by atoms with Crippen molar-refractivity contribution >= 4 is 5.84 Å². The van der Waals surface area contributed by atoms with Gasteiger partial charge in [-0.1, -0.05) is 19.0 Å². The zero-order chi connectivity index (χ0) is 12.8. The highest BCUT2D eigenvalue weighted by Gasteiger charge is 2.23. The van der Waals surface area contributed by atoms with Crippen molar-refractivity contribution in [2.45, 2.75) is 33.2 Å². The summed E-state index contributed by atoms with van der Waals surface area (Å²) in [6.45, 7) is 11.8. The summed E-state index contributed by atoms with van der Waals surface area (Å²) >= 11 is 0. The Labute approximate surface area is 104 Å². The van der Waals surface area contributed by atoms with E-state index in [9.17, 15) is 0 Å². The molecule has 1 rings (SSSR count). The number of rotatable bonds is 5. The van der Waals surface area contributed by atoms with Gasteiger partial charge in [0.05, 0.1) is 6.04 Å². The molecule has 0 amide bonds. The monoisotopic (exact) mass is 242 g/mol. The molecular weight excluding hydrogens is 216 g/mol. The predicted molar refractivity (Wildman–Crippen MR) is 70.3 cm³/mol. The summed E-state index contributed by atoms with van der Waals surface area (Å²) in [6.07, 6.45) is 1.26. The molecule has 1 aliphatic heterocycles. The molecule has 1 unspecified atom stereocenters. The summed E-state index contributed by atoms with van der Waals surface area (Å²) in [4.78, 5) is 4.76. The Morgan fingerprint density at radius 1 is 1.24 bits per heavy atom. The number of amidine groups is 1. The molecule has 100 valence electrons. The fraction of sp³-hybridized carbons (Fsp3) is 0.917. The van der Waals surface area contributed by atoms with Gasteiger partial charge in [-0.25, -0.2) is 0 Å².